The number of nitrogens with one attached hydrogen (secondary N) is 2. The van der Waals surface area contributed by atoms with Crippen LogP contribution in [0.3, 0.4) is 0 Å². The third kappa shape index (κ3) is 4.63. The molecule has 26 heavy (non-hydrogen) atoms. The van der Waals surface area contributed by atoms with Gasteiger partial charge in [0.25, 0.3) is 5.91 Å². The topological polar surface area (TPSA) is 66.9 Å². The largest absolute Gasteiger partial charge is 0.366 e. The second-order valence-electron chi connectivity index (χ2n) is 5.80. The van der Waals surface area contributed by atoms with Gasteiger partial charge in [-0.25, -0.2) is 14.4 Å². The molecular formula is C20H19FN4O. The molecule has 0 radical (unpaired) electrons. The van der Waals surface area contributed by atoms with E-state index in [0.29, 0.717) is 23.8 Å². The van der Waals surface area contributed by atoms with Crippen molar-refractivity contribution in [3.63, 3.8) is 0 Å². The number of aromatic nitrogens is 2. The molecule has 0 saturated heterocycles. The first kappa shape index (κ1) is 17.5. The molecule has 0 atom stereocenters. The van der Waals surface area contributed by atoms with Crippen molar-refractivity contribution in [2.45, 2.75) is 20.0 Å². The van der Waals surface area contributed by atoms with Gasteiger partial charge in [0.2, 0.25) is 0 Å². The van der Waals surface area contributed by atoms with Gasteiger partial charge in [-0.3, -0.25) is 4.79 Å². The standard InChI is InChI=1S/C20H19FN4O/c1-14-24-18(20(26)23-13-16-9-5-6-10-17(16)21)11-19(25-14)22-12-15-7-3-2-4-8-15/h2-11H,12-13H2,1H3,(H,23,26)(H,22,24,25). The van der Waals surface area contributed by atoms with Gasteiger partial charge in [0, 0.05) is 24.7 Å². The summed E-state index contributed by atoms with van der Waals surface area (Å²) < 4.78 is 13.6. The predicted octanol–water partition coefficient (Wildman–Crippen LogP) is 3.47. The Labute approximate surface area is 151 Å². The highest BCUT2D eigenvalue weighted by Gasteiger charge is 2.11. The molecule has 0 saturated carbocycles. The Bertz CT molecular complexity index is 899. The summed E-state index contributed by atoms with van der Waals surface area (Å²) >= 11 is 0. The Morgan fingerprint density at radius 2 is 1.73 bits per heavy atom. The zero-order valence-electron chi connectivity index (χ0n) is 14.4. The zero-order valence-corrected chi connectivity index (χ0v) is 14.4. The van der Waals surface area contributed by atoms with E-state index in [9.17, 15) is 9.18 Å². The smallest absolute Gasteiger partial charge is 0.270 e. The quantitative estimate of drug-likeness (QED) is 0.714. The average Bonchev–Trinajstić information content (AvgIpc) is 2.66. The lowest BCUT2D eigenvalue weighted by Crippen LogP contribution is -2.25. The van der Waals surface area contributed by atoms with Gasteiger partial charge in [0.15, 0.2) is 0 Å². The minimum atomic E-state index is -0.374. The Hall–Kier alpha value is -3.28. The van der Waals surface area contributed by atoms with E-state index in [0.717, 1.165) is 5.56 Å². The van der Waals surface area contributed by atoms with E-state index in [2.05, 4.69) is 20.6 Å². The normalized spacial score (nSPS) is 10.4. The monoisotopic (exact) mass is 350 g/mol. The molecule has 2 aromatic carbocycles. The van der Waals surface area contributed by atoms with Crippen molar-refractivity contribution in [1.29, 1.82) is 0 Å². The molecule has 3 aromatic rings. The molecule has 1 aromatic heterocycles. The van der Waals surface area contributed by atoms with E-state index in [1.165, 1.54) is 6.07 Å². The molecule has 0 aliphatic rings. The fourth-order valence-corrected chi connectivity index (χ4v) is 2.47. The molecule has 5 nitrogen and oxygen atoms in total. The summed E-state index contributed by atoms with van der Waals surface area (Å²) in [6.45, 7) is 2.41. The van der Waals surface area contributed by atoms with Gasteiger partial charge in [-0.1, -0.05) is 48.5 Å². The lowest BCUT2D eigenvalue weighted by atomic mass is 10.2. The highest BCUT2D eigenvalue weighted by Crippen LogP contribution is 2.10. The zero-order chi connectivity index (χ0) is 18.4. The van der Waals surface area contributed by atoms with E-state index >= 15 is 0 Å². The summed E-state index contributed by atoms with van der Waals surface area (Å²) in [5.74, 6) is 0.329. The van der Waals surface area contributed by atoms with E-state index in [-0.39, 0.29) is 24.0 Å². The molecule has 6 heteroatoms. The summed E-state index contributed by atoms with van der Waals surface area (Å²) in [7, 11) is 0. The molecular weight excluding hydrogens is 331 g/mol. The minimum Gasteiger partial charge on any atom is -0.366 e. The number of benzene rings is 2. The summed E-state index contributed by atoms with van der Waals surface area (Å²) in [4.78, 5) is 20.8. The minimum absolute atomic E-state index is 0.0985. The van der Waals surface area contributed by atoms with Gasteiger partial charge in [-0.15, -0.1) is 0 Å². The van der Waals surface area contributed by atoms with Crippen molar-refractivity contribution in [2.75, 3.05) is 5.32 Å². The first-order chi connectivity index (χ1) is 12.6. The van der Waals surface area contributed by atoms with Crippen LogP contribution in [0.4, 0.5) is 10.2 Å². The van der Waals surface area contributed by atoms with Crippen LogP contribution >= 0.6 is 0 Å². The van der Waals surface area contributed by atoms with Crippen molar-refractivity contribution < 1.29 is 9.18 Å². The second-order valence-corrected chi connectivity index (χ2v) is 5.80. The molecule has 1 amide bonds. The fraction of sp³-hybridized carbons (Fsp3) is 0.150. The Morgan fingerprint density at radius 3 is 2.50 bits per heavy atom. The number of aryl methyl sites for hydroxylation is 1. The third-order valence-corrected chi connectivity index (χ3v) is 3.78. The van der Waals surface area contributed by atoms with Gasteiger partial charge in [-0.2, -0.15) is 0 Å². The second kappa shape index (κ2) is 8.20. The number of nitrogens with zero attached hydrogens (tertiary/aromatic N) is 2. The highest BCUT2D eigenvalue weighted by molar-refractivity contribution is 5.92. The van der Waals surface area contributed by atoms with Crippen LogP contribution in [-0.2, 0) is 13.1 Å². The number of hydrogen-bond acceptors (Lipinski definition) is 4. The average molecular weight is 350 g/mol. The number of anilines is 1. The lowest BCUT2D eigenvalue weighted by Gasteiger charge is -2.10. The van der Waals surface area contributed by atoms with Crippen LogP contribution in [0.2, 0.25) is 0 Å². The van der Waals surface area contributed by atoms with Crippen molar-refractivity contribution >= 4 is 11.7 Å². The van der Waals surface area contributed by atoms with E-state index < -0.39 is 0 Å². The van der Waals surface area contributed by atoms with Crippen molar-refractivity contribution in [3.05, 3.63) is 89.1 Å². The molecule has 0 spiro atoms. The SMILES string of the molecule is Cc1nc(NCc2ccccc2)cc(C(=O)NCc2ccccc2F)n1. The summed E-state index contributed by atoms with van der Waals surface area (Å²) in [6.07, 6.45) is 0. The highest BCUT2D eigenvalue weighted by atomic mass is 19.1. The number of carbonyl (C=O) groups is 1. The molecule has 0 aliphatic carbocycles. The first-order valence-electron chi connectivity index (χ1n) is 8.27. The summed E-state index contributed by atoms with van der Waals surface area (Å²) in [5.41, 5.74) is 1.77. The summed E-state index contributed by atoms with van der Waals surface area (Å²) in [5, 5.41) is 5.88. The van der Waals surface area contributed by atoms with Gasteiger partial charge in [0.1, 0.15) is 23.2 Å². The third-order valence-electron chi connectivity index (χ3n) is 3.78. The Morgan fingerprint density at radius 1 is 1.00 bits per heavy atom. The Kier molecular flexibility index (Phi) is 5.53. The molecule has 132 valence electrons. The van der Waals surface area contributed by atoms with Crippen molar-refractivity contribution in [2.24, 2.45) is 0 Å². The van der Waals surface area contributed by atoms with Crippen LogP contribution in [-0.4, -0.2) is 15.9 Å². The molecule has 2 N–H and O–H groups in total. The van der Waals surface area contributed by atoms with E-state index in [1.54, 1.807) is 31.2 Å². The number of rotatable bonds is 6. The first-order valence-corrected chi connectivity index (χ1v) is 8.27. The molecule has 0 aliphatic heterocycles. The number of carbonyl (C=O) groups excluding carboxylic acids is 1. The molecule has 0 unspecified atom stereocenters. The predicted molar refractivity (Wildman–Crippen MR) is 98.1 cm³/mol. The molecule has 0 fully saturated rings. The molecule has 3 rings (SSSR count). The molecule has 1 heterocycles. The Balaban J connectivity index is 1.66. The van der Waals surface area contributed by atoms with Crippen molar-refractivity contribution in [1.82, 2.24) is 15.3 Å². The van der Waals surface area contributed by atoms with E-state index in [1.807, 2.05) is 30.3 Å². The van der Waals surface area contributed by atoms with Gasteiger partial charge >= 0.3 is 0 Å². The van der Waals surface area contributed by atoms with Crippen molar-refractivity contribution in [3.8, 4) is 0 Å². The van der Waals surface area contributed by atoms with Gasteiger partial charge in [0.05, 0.1) is 0 Å². The maximum absolute atomic E-state index is 13.6. The maximum Gasteiger partial charge on any atom is 0.270 e. The van der Waals surface area contributed by atoms with Crippen LogP contribution < -0.4 is 10.6 Å². The van der Waals surface area contributed by atoms with Crippen LogP contribution in [0.15, 0.2) is 60.7 Å². The van der Waals surface area contributed by atoms with Gasteiger partial charge < -0.3 is 10.6 Å². The lowest BCUT2D eigenvalue weighted by molar-refractivity contribution is 0.0945. The van der Waals surface area contributed by atoms with Gasteiger partial charge in [-0.05, 0) is 18.6 Å². The number of halogens is 1. The number of amides is 1. The summed E-state index contributed by atoms with van der Waals surface area (Å²) in [6, 6.07) is 17.8. The van der Waals surface area contributed by atoms with Crippen LogP contribution in [0.1, 0.15) is 27.4 Å². The molecule has 0 bridgehead atoms. The fourth-order valence-electron chi connectivity index (χ4n) is 2.47. The number of hydrogen-bond donors (Lipinski definition) is 2. The maximum atomic E-state index is 13.6. The van der Waals surface area contributed by atoms with Crippen LogP contribution in [0.5, 0.6) is 0 Å². The van der Waals surface area contributed by atoms with Crippen LogP contribution in [0.25, 0.3) is 0 Å². The van der Waals surface area contributed by atoms with Crippen LogP contribution in [0, 0.1) is 12.7 Å². The van der Waals surface area contributed by atoms with E-state index in [4.69, 9.17) is 0 Å².